The number of morpholine rings is 1. The molecular formula is C20H26N2O5. The Morgan fingerprint density at radius 1 is 1.04 bits per heavy atom. The highest BCUT2D eigenvalue weighted by Crippen LogP contribution is 2.20. The average molecular weight is 374 g/mol. The normalized spacial score (nSPS) is 20.4. The van der Waals surface area contributed by atoms with E-state index in [1.165, 1.54) is 0 Å². The highest BCUT2D eigenvalue weighted by molar-refractivity contribution is 5.87. The smallest absolute Gasteiger partial charge is 0.335 e. The summed E-state index contributed by atoms with van der Waals surface area (Å²) in [6.45, 7) is 3.63. The SMILES string of the molecule is O=C(O)c1ccc(CCC(=O)N2CCCC(C(=O)N3CCOCC3)C2)cc1. The number of aromatic carboxylic acids is 1. The summed E-state index contributed by atoms with van der Waals surface area (Å²) in [5, 5.41) is 8.93. The Labute approximate surface area is 158 Å². The summed E-state index contributed by atoms with van der Waals surface area (Å²) >= 11 is 0. The van der Waals surface area contributed by atoms with Crippen molar-refractivity contribution in [1.29, 1.82) is 0 Å². The van der Waals surface area contributed by atoms with E-state index in [1.54, 1.807) is 29.2 Å². The Bertz CT molecular complexity index is 682. The second kappa shape index (κ2) is 8.99. The van der Waals surface area contributed by atoms with Crippen LogP contribution in [0, 0.1) is 5.92 Å². The number of aryl methyl sites for hydroxylation is 1. The molecule has 1 aromatic carbocycles. The first-order valence-electron chi connectivity index (χ1n) is 9.51. The Morgan fingerprint density at radius 2 is 1.74 bits per heavy atom. The van der Waals surface area contributed by atoms with Gasteiger partial charge in [-0.25, -0.2) is 4.79 Å². The summed E-state index contributed by atoms with van der Waals surface area (Å²) in [5.41, 5.74) is 1.18. The first-order chi connectivity index (χ1) is 13.0. The third kappa shape index (κ3) is 5.07. The Kier molecular flexibility index (Phi) is 6.45. The first-order valence-corrected chi connectivity index (χ1v) is 9.51. The van der Waals surface area contributed by atoms with Crippen molar-refractivity contribution in [3.05, 3.63) is 35.4 Å². The van der Waals surface area contributed by atoms with E-state index < -0.39 is 5.97 Å². The molecule has 27 heavy (non-hydrogen) atoms. The van der Waals surface area contributed by atoms with Crippen molar-refractivity contribution in [2.75, 3.05) is 39.4 Å². The van der Waals surface area contributed by atoms with Crippen LogP contribution < -0.4 is 0 Å². The monoisotopic (exact) mass is 374 g/mol. The Morgan fingerprint density at radius 3 is 2.41 bits per heavy atom. The van der Waals surface area contributed by atoms with Crippen molar-refractivity contribution in [3.63, 3.8) is 0 Å². The van der Waals surface area contributed by atoms with Crippen molar-refractivity contribution in [3.8, 4) is 0 Å². The minimum absolute atomic E-state index is 0.0526. The van der Waals surface area contributed by atoms with Crippen molar-refractivity contribution in [2.45, 2.75) is 25.7 Å². The maximum Gasteiger partial charge on any atom is 0.335 e. The molecule has 0 radical (unpaired) electrons. The molecule has 2 fully saturated rings. The summed E-state index contributed by atoms with van der Waals surface area (Å²) in [5.74, 6) is -0.880. The zero-order valence-electron chi connectivity index (χ0n) is 15.4. The third-order valence-electron chi connectivity index (χ3n) is 5.27. The number of likely N-dealkylation sites (tertiary alicyclic amines) is 1. The zero-order chi connectivity index (χ0) is 19.2. The highest BCUT2D eigenvalue weighted by atomic mass is 16.5. The van der Waals surface area contributed by atoms with Gasteiger partial charge in [-0.15, -0.1) is 0 Å². The summed E-state index contributed by atoms with van der Waals surface area (Å²) < 4.78 is 5.30. The van der Waals surface area contributed by atoms with Crippen LogP contribution in [0.15, 0.2) is 24.3 Å². The molecule has 2 amide bonds. The van der Waals surface area contributed by atoms with Crippen molar-refractivity contribution in [1.82, 2.24) is 9.80 Å². The van der Waals surface area contributed by atoms with Crippen LogP contribution in [0.3, 0.4) is 0 Å². The molecule has 1 atom stereocenters. The largest absolute Gasteiger partial charge is 0.478 e. The molecule has 1 N–H and O–H groups in total. The van der Waals surface area contributed by atoms with E-state index in [2.05, 4.69) is 0 Å². The molecule has 7 heteroatoms. The van der Waals surface area contributed by atoms with E-state index in [0.29, 0.717) is 52.2 Å². The van der Waals surface area contributed by atoms with E-state index >= 15 is 0 Å². The molecule has 2 aliphatic rings. The van der Waals surface area contributed by atoms with E-state index in [9.17, 15) is 14.4 Å². The van der Waals surface area contributed by atoms with Crippen LogP contribution in [-0.4, -0.2) is 72.1 Å². The predicted molar refractivity (Wildman–Crippen MR) is 98.4 cm³/mol. The van der Waals surface area contributed by atoms with Crippen LogP contribution >= 0.6 is 0 Å². The number of nitrogens with zero attached hydrogens (tertiary/aromatic N) is 2. The van der Waals surface area contributed by atoms with E-state index in [-0.39, 0.29) is 23.3 Å². The van der Waals surface area contributed by atoms with Gasteiger partial charge < -0.3 is 19.6 Å². The van der Waals surface area contributed by atoms with Crippen molar-refractivity contribution < 1.29 is 24.2 Å². The molecule has 0 bridgehead atoms. The average Bonchev–Trinajstić information content (AvgIpc) is 2.72. The fourth-order valence-electron chi connectivity index (χ4n) is 3.67. The van der Waals surface area contributed by atoms with Crippen LogP contribution in [0.25, 0.3) is 0 Å². The lowest BCUT2D eigenvalue weighted by Gasteiger charge is -2.36. The van der Waals surface area contributed by atoms with Gasteiger partial charge in [0.1, 0.15) is 0 Å². The molecule has 7 nitrogen and oxygen atoms in total. The number of carboxylic acid groups (broad SMARTS) is 1. The Balaban J connectivity index is 1.50. The van der Waals surface area contributed by atoms with Crippen LogP contribution in [0.5, 0.6) is 0 Å². The van der Waals surface area contributed by atoms with Gasteiger partial charge in [0.25, 0.3) is 0 Å². The van der Waals surface area contributed by atoms with Gasteiger partial charge in [-0.05, 0) is 37.0 Å². The van der Waals surface area contributed by atoms with Gasteiger partial charge in [0.15, 0.2) is 0 Å². The number of piperidine rings is 1. The third-order valence-corrected chi connectivity index (χ3v) is 5.27. The molecule has 1 unspecified atom stereocenters. The number of hydrogen-bond acceptors (Lipinski definition) is 4. The van der Waals surface area contributed by atoms with Gasteiger partial charge in [0.05, 0.1) is 24.7 Å². The van der Waals surface area contributed by atoms with Crippen LogP contribution in [0.1, 0.15) is 35.2 Å². The number of hydrogen-bond donors (Lipinski definition) is 1. The van der Waals surface area contributed by atoms with E-state index in [0.717, 1.165) is 18.4 Å². The molecule has 2 saturated heterocycles. The Hall–Kier alpha value is -2.41. The fourth-order valence-corrected chi connectivity index (χ4v) is 3.67. The minimum atomic E-state index is -0.957. The van der Waals surface area contributed by atoms with Gasteiger partial charge in [-0.1, -0.05) is 12.1 Å². The zero-order valence-corrected chi connectivity index (χ0v) is 15.4. The molecular weight excluding hydrogens is 348 g/mol. The van der Waals surface area contributed by atoms with Gasteiger partial charge in [0, 0.05) is 32.6 Å². The number of carbonyl (C=O) groups excluding carboxylic acids is 2. The predicted octanol–water partition coefficient (Wildman–Crippen LogP) is 1.41. The molecule has 0 spiro atoms. The second-order valence-corrected chi connectivity index (χ2v) is 7.12. The van der Waals surface area contributed by atoms with Crippen LogP contribution in [0.4, 0.5) is 0 Å². The summed E-state index contributed by atoms with van der Waals surface area (Å²) in [7, 11) is 0. The van der Waals surface area contributed by atoms with Gasteiger partial charge in [-0.2, -0.15) is 0 Å². The van der Waals surface area contributed by atoms with Gasteiger partial charge in [-0.3, -0.25) is 9.59 Å². The maximum absolute atomic E-state index is 12.7. The lowest BCUT2D eigenvalue weighted by Crippen LogP contribution is -2.49. The minimum Gasteiger partial charge on any atom is -0.478 e. The van der Waals surface area contributed by atoms with Gasteiger partial charge >= 0.3 is 5.97 Å². The summed E-state index contributed by atoms with van der Waals surface area (Å²) in [6, 6.07) is 6.61. The molecule has 2 aliphatic heterocycles. The van der Waals surface area contributed by atoms with E-state index in [4.69, 9.17) is 9.84 Å². The topological polar surface area (TPSA) is 87.2 Å². The van der Waals surface area contributed by atoms with Gasteiger partial charge in [0.2, 0.25) is 11.8 Å². The van der Waals surface area contributed by atoms with E-state index in [1.807, 2.05) is 4.90 Å². The number of benzene rings is 1. The molecule has 146 valence electrons. The fraction of sp³-hybridized carbons (Fsp3) is 0.550. The van der Waals surface area contributed by atoms with Crippen LogP contribution in [0.2, 0.25) is 0 Å². The number of amides is 2. The van der Waals surface area contributed by atoms with Crippen LogP contribution in [-0.2, 0) is 20.7 Å². The highest BCUT2D eigenvalue weighted by Gasteiger charge is 2.31. The standard InChI is InChI=1S/C20H26N2O5/c23-18(8-5-15-3-6-16(7-4-15)20(25)26)22-9-1-2-17(14-22)19(24)21-10-12-27-13-11-21/h3-4,6-7,17H,1-2,5,8-14H2,(H,25,26). The summed E-state index contributed by atoms with van der Waals surface area (Å²) in [4.78, 5) is 39.8. The molecule has 2 heterocycles. The molecule has 0 aromatic heterocycles. The summed E-state index contributed by atoms with van der Waals surface area (Å²) in [6.07, 6.45) is 2.61. The molecule has 3 rings (SSSR count). The number of ether oxygens (including phenoxy) is 1. The number of rotatable bonds is 5. The van der Waals surface area contributed by atoms with Crippen molar-refractivity contribution >= 4 is 17.8 Å². The molecule has 0 saturated carbocycles. The molecule has 0 aliphatic carbocycles. The molecule has 1 aromatic rings. The number of carbonyl (C=O) groups is 3. The quantitative estimate of drug-likeness (QED) is 0.842. The second-order valence-electron chi connectivity index (χ2n) is 7.12. The lowest BCUT2D eigenvalue weighted by molar-refractivity contribution is -0.144. The first kappa shape index (κ1) is 19.4. The van der Waals surface area contributed by atoms with Crippen molar-refractivity contribution in [2.24, 2.45) is 5.92 Å². The number of carboxylic acids is 1. The lowest BCUT2D eigenvalue weighted by atomic mass is 9.95. The maximum atomic E-state index is 12.7.